The molecule has 0 amide bonds. The molecule has 0 aliphatic heterocycles. The summed E-state index contributed by atoms with van der Waals surface area (Å²) in [6, 6.07) is 35.5. The van der Waals surface area contributed by atoms with Gasteiger partial charge in [-0.2, -0.15) is 0 Å². The minimum Gasteiger partial charge on any atom is -0.140 e. The molecule has 0 N–H and O–H groups in total. The van der Waals surface area contributed by atoms with E-state index in [2.05, 4.69) is 120 Å². The van der Waals surface area contributed by atoms with E-state index in [-0.39, 0.29) is 0 Å². The highest BCUT2D eigenvalue weighted by Gasteiger charge is 2.22. The van der Waals surface area contributed by atoms with Crippen molar-refractivity contribution < 1.29 is 0 Å². The zero-order chi connectivity index (χ0) is 22.8. The van der Waals surface area contributed by atoms with Gasteiger partial charge >= 0.3 is 0 Å². The molecule has 2 heterocycles. The van der Waals surface area contributed by atoms with Crippen LogP contribution in [0.1, 0.15) is 4.88 Å². The van der Waals surface area contributed by atoms with Gasteiger partial charge < -0.3 is 0 Å². The van der Waals surface area contributed by atoms with E-state index >= 15 is 0 Å². The fourth-order valence-electron chi connectivity index (χ4n) is 5.28. The molecule has 0 saturated carbocycles. The van der Waals surface area contributed by atoms with E-state index in [1.54, 1.807) is 0 Å². The zero-order valence-electron chi connectivity index (χ0n) is 18.4. The highest BCUT2D eigenvalue weighted by molar-refractivity contribution is 9.11. The fraction of sp³-hybridized carbons (Fsp3) is 0.0323. The van der Waals surface area contributed by atoms with Crippen LogP contribution >= 0.6 is 38.6 Å². The summed E-state index contributed by atoms with van der Waals surface area (Å²) in [6.45, 7) is 2.23. The van der Waals surface area contributed by atoms with Crippen LogP contribution in [0, 0.1) is 6.92 Å². The van der Waals surface area contributed by atoms with Crippen LogP contribution in [0.4, 0.5) is 0 Å². The molecule has 0 atom stereocenters. The van der Waals surface area contributed by atoms with Gasteiger partial charge in [0.25, 0.3) is 0 Å². The Morgan fingerprint density at radius 3 is 1.65 bits per heavy atom. The van der Waals surface area contributed by atoms with E-state index in [0.717, 1.165) is 0 Å². The molecule has 34 heavy (non-hydrogen) atoms. The normalized spacial score (nSPS) is 11.8. The monoisotopic (exact) mass is 534 g/mol. The number of halogens is 1. The Hall–Kier alpha value is -2.98. The minimum absolute atomic E-state index is 1.17. The van der Waals surface area contributed by atoms with Crippen molar-refractivity contribution in [1.82, 2.24) is 0 Å². The largest absolute Gasteiger partial charge is 0.140 e. The third-order valence-corrected chi connectivity index (χ3v) is 9.39. The number of aryl methyl sites for hydroxylation is 1. The Bertz CT molecular complexity index is 1680. The number of hydrogen-bond donors (Lipinski definition) is 0. The van der Waals surface area contributed by atoms with E-state index in [9.17, 15) is 0 Å². The third kappa shape index (κ3) is 3.01. The molecule has 2 aromatic heterocycles. The Kier molecular flexibility index (Phi) is 4.67. The maximum absolute atomic E-state index is 3.83. The van der Waals surface area contributed by atoms with Crippen LogP contribution in [-0.4, -0.2) is 0 Å². The lowest BCUT2D eigenvalue weighted by Gasteiger charge is -2.15. The van der Waals surface area contributed by atoms with Gasteiger partial charge in [0.15, 0.2) is 0 Å². The van der Waals surface area contributed by atoms with Gasteiger partial charge in [-0.15, -0.1) is 22.7 Å². The summed E-state index contributed by atoms with van der Waals surface area (Å²) < 4.78 is 3.88. The Balaban J connectivity index is 1.70. The predicted octanol–water partition coefficient (Wildman–Crippen LogP) is 10.8. The summed E-state index contributed by atoms with van der Waals surface area (Å²) in [6.07, 6.45) is 0. The molecular weight excluding hydrogens is 516 g/mol. The zero-order valence-corrected chi connectivity index (χ0v) is 21.7. The summed E-state index contributed by atoms with van der Waals surface area (Å²) in [4.78, 5) is 1.34. The van der Waals surface area contributed by atoms with E-state index in [4.69, 9.17) is 0 Å². The molecule has 7 aromatic rings. The molecule has 5 aromatic carbocycles. The standard InChI is InChI=1S/C31H19BrS2/c1-18-16-25-28(23-14-6-10-19-8-2-4-12-21(19)23)31-26(17-27(32)34-31)29(30(25)33-18)24-15-7-11-20-9-3-5-13-22(20)24/h2-17H,1H3. The average molecular weight is 536 g/mol. The van der Waals surface area contributed by atoms with Crippen LogP contribution in [0.15, 0.2) is 101 Å². The van der Waals surface area contributed by atoms with Gasteiger partial charge in [0.1, 0.15) is 0 Å². The van der Waals surface area contributed by atoms with E-state index in [0.29, 0.717) is 0 Å². The first kappa shape index (κ1) is 20.4. The molecule has 0 unspecified atom stereocenters. The SMILES string of the molecule is Cc1cc2c(-c3cccc4ccccc34)c3sc(Br)cc3c(-c3cccc4ccccc34)c2s1. The van der Waals surface area contributed by atoms with Gasteiger partial charge in [0.2, 0.25) is 0 Å². The first-order valence-electron chi connectivity index (χ1n) is 11.3. The predicted molar refractivity (Wildman–Crippen MR) is 156 cm³/mol. The molecule has 0 fully saturated rings. The summed E-state index contributed by atoms with van der Waals surface area (Å²) in [5, 5.41) is 7.84. The van der Waals surface area contributed by atoms with Gasteiger partial charge in [-0.25, -0.2) is 0 Å². The lowest BCUT2D eigenvalue weighted by Crippen LogP contribution is -1.88. The molecule has 0 bridgehead atoms. The number of benzene rings is 5. The molecule has 0 nitrogen and oxygen atoms in total. The van der Waals surface area contributed by atoms with Gasteiger partial charge in [-0.1, -0.05) is 84.9 Å². The van der Waals surface area contributed by atoms with E-state index in [1.807, 2.05) is 22.7 Å². The topological polar surface area (TPSA) is 0 Å². The number of hydrogen-bond acceptors (Lipinski definition) is 2. The first-order chi connectivity index (χ1) is 16.7. The van der Waals surface area contributed by atoms with Crippen LogP contribution < -0.4 is 0 Å². The van der Waals surface area contributed by atoms with Gasteiger partial charge in [-0.3, -0.25) is 0 Å². The van der Waals surface area contributed by atoms with Crippen molar-refractivity contribution in [1.29, 1.82) is 0 Å². The molecule has 0 aliphatic rings. The van der Waals surface area contributed by atoms with Gasteiger partial charge in [0.05, 0.1) is 3.79 Å². The first-order valence-corrected chi connectivity index (χ1v) is 13.7. The van der Waals surface area contributed by atoms with Crippen molar-refractivity contribution in [2.24, 2.45) is 0 Å². The van der Waals surface area contributed by atoms with Crippen LogP contribution in [0.3, 0.4) is 0 Å². The molecule has 0 radical (unpaired) electrons. The molecule has 0 spiro atoms. The lowest BCUT2D eigenvalue weighted by atomic mass is 9.90. The van der Waals surface area contributed by atoms with Gasteiger partial charge in [-0.05, 0) is 67.7 Å². The molecule has 0 aliphatic carbocycles. The maximum Gasteiger partial charge on any atom is 0.0711 e. The van der Waals surface area contributed by atoms with Crippen LogP contribution in [0.2, 0.25) is 0 Å². The highest BCUT2D eigenvalue weighted by Crippen LogP contribution is 2.52. The molecule has 7 rings (SSSR count). The molecule has 0 saturated heterocycles. The number of fused-ring (bicyclic) bond motifs is 4. The second kappa shape index (κ2) is 7.78. The van der Waals surface area contributed by atoms with Crippen molar-refractivity contribution >= 4 is 80.3 Å². The second-order valence-corrected chi connectivity index (χ2v) is 12.4. The summed E-state index contributed by atoms with van der Waals surface area (Å²) in [7, 11) is 0. The van der Waals surface area contributed by atoms with Crippen molar-refractivity contribution in [2.45, 2.75) is 6.92 Å². The van der Waals surface area contributed by atoms with Crippen molar-refractivity contribution in [3.05, 3.63) is 106 Å². The lowest BCUT2D eigenvalue weighted by molar-refractivity contribution is 1.65. The van der Waals surface area contributed by atoms with Crippen molar-refractivity contribution in [3.63, 3.8) is 0 Å². The van der Waals surface area contributed by atoms with Gasteiger partial charge in [0, 0.05) is 36.2 Å². The summed E-state index contributed by atoms with van der Waals surface area (Å²) in [5.74, 6) is 0. The fourth-order valence-corrected chi connectivity index (χ4v) is 8.06. The minimum atomic E-state index is 1.17. The smallest absolute Gasteiger partial charge is 0.0711 e. The summed E-state index contributed by atoms with van der Waals surface area (Å²) in [5.41, 5.74) is 5.33. The Morgan fingerprint density at radius 2 is 1.03 bits per heavy atom. The van der Waals surface area contributed by atoms with E-state index < -0.39 is 0 Å². The van der Waals surface area contributed by atoms with Crippen LogP contribution in [-0.2, 0) is 0 Å². The second-order valence-electron chi connectivity index (χ2n) is 8.70. The van der Waals surface area contributed by atoms with Crippen molar-refractivity contribution in [2.75, 3.05) is 0 Å². The summed E-state index contributed by atoms with van der Waals surface area (Å²) >= 11 is 7.59. The van der Waals surface area contributed by atoms with Crippen LogP contribution in [0.5, 0.6) is 0 Å². The quantitative estimate of drug-likeness (QED) is 0.207. The maximum atomic E-state index is 3.83. The molecular formula is C31H19BrS2. The van der Waals surface area contributed by atoms with Crippen LogP contribution in [0.25, 0.3) is 64.0 Å². The number of rotatable bonds is 2. The molecule has 162 valence electrons. The van der Waals surface area contributed by atoms with E-state index in [1.165, 1.54) is 72.6 Å². The molecule has 3 heteroatoms. The average Bonchev–Trinajstić information content (AvgIpc) is 3.43. The Morgan fingerprint density at radius 1 is 0.529 bits per heavy atom. The Labute approximate surface area is 214 Å². The van der Waals surface area contributed by atoms with Crippen molar-refractivity contribution in [3.8, 4) is 22.3 Å². The third-order valence-electron chi connectivity index (χ3n) is 6.67. The number of thiophene rings is 2. The highest BCUT2D eigenvalue weighted by atomic mass is 79.9.